The second kappa shape index (κ2) is 11.3. The van der Waals surface area contributed by atoms with Crippen molar-refractivity contribution in [2.24, 2.45) is 12.0 Å². The third-order valence-corrected chi connectivity index (χ3v) is 6.69. The molecule has 4 rings (SSSR count). The van der Waals surface area contributed by atoms with E-state index in [4.69, 9.17) is 4.99 Å². The SMILES string of the molecule is CCNC(=NCc1ccc(N2CCSCC2)cc1)N1CCC(c2cnn(C)c2)C1.I. The Bertz CT molecular complexity index is 815. The topological polar surface area (TPSA) is 48.7 Å². The van der Waals surface area contributed by atoms with E-state index in [1.54, 1.807) is 0 Å². The van der Waals surface area contributed by atoms with Crippen molar-refractivity contribution in [1.29, 1.82) is 0 Å². The summed E-state index contributed by atoms with van der Waals surface area (Å²) in [5.41, 5.74) is 3.93. The molecule has 6 nitrogen and oxygen atoms in total. The normalized spacial score (nSPS) is 19.7. The molecule has 3 heterocycles. The van der Waals surface area contributed by atoms with Crippen LogP contribution in [0, 0.1) is 0 Å². The Labute approximate surface area is 201 Å². The van der Waals surface area contributed by atoms with Gasteiger partial charge >= 0.3 is 0 Å². The highest BCUT2D eigenvalue weighted by Crippen LogP contribution is 2.27. The number of benzene rings is 1. The standard InChI is InChI=1S/C22H32N6S.HI/c1-3-23-22(28-9-8-19(17-28)20-15-25-26(2)16-20)24-14-18-4-6-21(7-5-18)27-10-12-29-13-11-27;/h4-7,15-16,19H,3,8-14,17H2,1-2H3,(H,23,24);1H. The highest BCUT2D eigenvalue weighted by molar-refractivity contribution is 14.0. The third-order valence-electron chi connectivity index (χ3n) is 5.74. The van der Waals surface area contributed by atoms with Gasteiger partial charge in [0.2, 0.25) is 0 Å². The van der Waals surface area contributed by atoms with E-state index in [1.807, 2.05) is 29.7 Å². The summed E-state index contributed by atoms with van der Waals surface area (Å²) in [6, 6.07) is 8.96. The molecule has 1 aromatic carbocycles. The van der Waals surface area contributed by atoms with Gasteiger partial charge in [-0.2, -0.15) is 16.9 Å². The predicted molar refractivity (Wildman–Crippen MR) is 138 cm³/mol. The molecule has 30 heavy (non-hydrogen) atoms. The van der Waals surface area contributed by atoms with Crippen molar-refractivity contribution in [2.45, 2.75) is 25.8 Å². The summed E-state index contributed by atoms with van der Waals surface area (Å²) in [5, 5.41) is 7.81. The Morgan fingerprint density at radius 1 is 1.20 bits per heavy atom. The molecule has 2 aliphatic heterocycles. The first kappa shape index (κ1) is 23.2. The van der Waals surface area contributed by atoms with Crippen LogP contribution in [0.1, 0.15) is 30.4 Å². The maximum atomic E-state index is 4.93. The van der Waals surface area contributed by atoms with Crippen LogP contribution in [0.5, 0.6) is 0 Å². The fourth-order valence-electron chi connectivity index (χ4n) is 4.10. The molecule has 2 saturated heterocycles. The summed E-state index contributed by atoms with van der Waals surface area (Å²) in [5.74, 6) is 4.02. The Morgan fingerprint density at radius 2 is 1.97 bits per heavy atom. The highest BCUT2D eigenvalue weighted by atomic mass is 127. The molecule has 2 aromatic rings. The fraction of sp³-hybridized carbons (Fsp3) is 0.545. The van der Waals surface area contributed by atoms with Gasteiger partial charge in [0.1, 0.15) is 0 Å². The van der Waals surface area contributed by atoms with Crippen LogP contribution >= 0.6 is 35.7 Å². The van der Waals surface area contributed by atoms with E-state index in [1.165, 1.54) is 28.3 Å². The van der Waals surface area contributed by atoms with Gasteiger partial charge in [0.05, 0.1) is 12.7 Å². The van der Waals surface area contributed by atoms with Gasteiger partial charge in [0.25, 0.3) is 0 Å². The molecule has 0 aliphatic carbocycles. The van der Waals surface area contributed by atoms with Crippen molar-refractivity contribution in [3.8, 4) is 0 Å². The van der Waals surface area contributed by atoms with Crippen LogP contribution in [0.25, 0.3) is 0 Å². The minimum atomic E-state index is 0. The fourth-order valence-corrected chi connectivity index (χ4v) is 5.00. The van der Waals surface area contributed by atoms with Crippen molar-refractivity contribution in [2.75, 3.05) is 49.1 Å². The number of aromatic nitrogens is 2. The summed E-state index contributed by atoms with van der Waals surface area (Å²) >= 11 is 2.05. The number of hydrogen-bond donors (Lipinski definition) is 1. The van der Waals surface area contributed by atoms with Crippen LogP contribution in [-0.2, 0) is 13.6 Å². The number of guanidine groups is 1. The monoisotopic (exact) mass is 540 g/mol. The second-order valence-corrected chi connectivity index (χ2v) is 9.04. The largest absolute Gasteiger partial charge is 0.370 e. The number of halogens is 1. The van der Waals surface area contributed by atoms with Gasteiger partial charge in [-0.15, -0.1) is 24.0 Å². The van der Waals surface area contributed by atoms with Gasteiger partial charge in [-0.3, -0.25) is 4.68 Å². The molecular weight excluding hydrogens is 507 g/mol. The maximum absolute atomic E-state index is 4.93. The number of nitrogens with one attached hydrogen (secondary N) is 1. The summed E-state index contributed by atoms with van der Waals surface area (Å²) in [6.07, 6.45) is 5.29. The van der Waals surface area contributed by atoms with E-state index in [-0.39, 0.29) is 24.0 Å². The molecule has 0 amide bonds. The van der Waals surface area contributed by atoms with Crippen LogP contribution in [-0.4, -0.2) is 64.9 Å². The number of likely N-dealkylation sites (tertiary alicyclic amines) is 1. The van der Waals surface area contributed by atoms with Crippen molar-refractivity contribution in [3.05, 3.63) is 47.8 Å². The first-order valence-corrected chi connectivity index (χ1v) is 11.8. The smallest absolute Gasteiger partial charge is 0.194 e. The van der Waals surface area contributed by atoms with Crippen LogP contribution in [0.4, 0.5) is 5.69 Å². The third kappa shape index (κ3) is 5.84. The number of aryl methyl sites for hydroxylation is 1. The number of hydrogen-bond acceptors (Lipinski definition) is 4. The average molecular weight is 541 g/mol. The van der Waals surface area contributed by atoms with Crippen molar-refractivity contribution < 1.29 is 0 Å². The summed E-state index contributed by atoms with van der Waals surface area (Å²) in [6.45, 7) is 8.08. The van der Waals surface area contributed by atoms with Gasteiger partial charge in [0, 0.05) is 69.1 Å². The van der Waals surface area contributed by atoms with E-state index < -0.39 is 0 Å². The van der Waals surface area contributed by atoms with Gasteiger partial charge in [0.15, 0.2) is 5.96 Å². The van der Waals surface area contributed by atoms with Gasteiger partial charge in [-0.25, -0.2) is 4.99 Å². The van der Waals surface area contributed by atoms with E-state index >= 15 is 0 Å². The van der Waals surface area contributed by atoms with Crippen molar-refractivity contribution >= 4 is 47.4 Å². The Kier molecular flexibility index (Phi) is 8.73. The zero-order valence-corrected chi connectivity index (χ0v) is 21.1. The lowest BCUT2D eigenvalue weighted by molar-refractivity contribution is 0.486. The molecule has 0 radical (unpaired) electrons. The van der Waals surface area contributed by atoms with Crippen LogP contribution in [0.3, 0.4) is 0 Å². The molecule has 0 bridgehead atoms. The van der Waals surface area contributed by atoms with E-state index in [0.717, 1.165) is 45.1 Å². The number of anilines is 1. The molecule has 8 heteroatoms. The average Bonchev–Trinajstić information content (AvgIpc) is 3.41. The molecule has 0 saturated carbocycles. The number of rotatable bonds is 5. The van der Waals surface area contributed by atoms with Gasteiger partial charge in [-0.1, -0.05) is 12.1 Å². The van der Waals surface area contributed by atoms with Crippen LogP contribution < -0.4 is 10.2 Å². The maximum Gasteiger partial charge on any atom is 0.194 e. The number of aliphatic imine (C=N–C) groups is 1. The van der Waals surface area contributed by atoms with Crippen molar-refractivity contribution in [3.63, 3.8) is 0 Å². The quantitative estimate of drug-likeness (QED) is 0.357. The molecule has 1 aromatic heterocycles. The predicted octanol–water partition coefficient (Wildman–Crippen LogP) is 3.55. The van der Waals surface area contributed by atoms with Crippen LogP contribution in [0.2, 0.25) is 0 Å². The molecule has 0 spiro atoms. The lowest BCUT2D eigenvalue weighted by Gasteiger charge is -2.28. The minimum absolute atomic E-state index is 0. The lowest BCUT2D eigenvalue weighted by Crippen LogP contribution is -2.40. The van der Waals surface area contributed by atoms with E-state index in [9.17, 15) is 0 Å². The Balaban J connectivity index is 0.00000256. The molecule has 164 valence electrons. The summed E-state index contributed by atoms with van der Waals surface area (Å²) < 4.78 is 1.89. The molecular formula is C22H33IN6S. The second-order valence-electron chi connectivity index (χ2n) is 7.81. The van der Waals surface area contributed by atoms with Gasteiger partial charge in [-0.05, 0) is 36.6 Å². The minimum Gasteiger partial charge on any atom is -0.370 e. The van der Waals surface area contributed by atoms with Crippen molar-refractivity contribution in [1.82, 2.24) is 20.0 Å². The van der Waals surface area contributed by atoms with Crippen LogP contribution in [0.15, 0.2) is 41.7 Å². The molecule has 1 atom stereocenters. The van der Waals surface area contributed by atoms with E-state index in [0.29, 0.717) is 12.5 Å². The Morgan fingerprint density at radius 3 is 2.63 bits per heavy atom. The first-order chi connectivity index (χ1) is 14.2. The molecule has 1 unspecified atom stereocenters. The molecule has 2 aliphatic rings. The zero-order valence-electron chi connectivity index (χ0n) is 18.0. The number of nitrogens with zero attached hydrogens (tertiary/aromatic N) is 5. The van der Waals surface area contributed by atoms with Gasteiger partial charge < -0.3 is 15.1 Å². The van der Waals surface area contributed by atoms with E-state index in [2.05, 4.69) is 57.6 Å². The highest BCUT2D eigenvalue weighted by Gasteiger charge is 2.26. The molecule has 2 fully saturated rings. The Hall–Kier alpha value is -1.42. The number of thioether (sulfide) groups is 1. The first-order valence-electron chi connectivity index (χ1n) is 10.7. The lowest BCUT2D eigenvalue weighted by atomic mass is 10.0. The summed E-state index contributed by atoms with van der Waals surface area (Å²) in [4.78, 5) is 9.81. The summed E-state index contributed by atoms with van der Waals surface area (Å²) in [7, 11) is 1.98. The zero-order chi connectivity index (χ0) is 20.1. The molecule has 1 N–H and O–H groups in total.